The SMILES string of the molecule is COc1ccc(CO[C@H](/C=C(\C)C(=O)O)CO[Si](C)(C)C(C)(C)C)cc1. The highest BCUT2D eigenvalue weighted by Gasteiger charge is 2.37. The first kappa shape index (κ1) is 22.4. The van der Waals surface area contributed by atoms with E-state index in [0.717, 1.165) is 11.3 Å². The Balaban J connectivity index is 2.81. The van der Waals surface area contributed by atoms with Crippen LogP contribution in [0.1, 0.15) is 33.3 Å². The zero-order valence-electron chi connectivity index (χ0n) is 17.0. The van der Waals surface area contributed by atoms with Gasteiger partial charge in [-0.1, -0.05) is 32.9 Å². The van der Waals surface area contributed by atoms with E-state index < -0.39 is 20.4 Å². The van der Waals surface area contributed by atoms with Gasteiger partial charge in [0.15, 0.2) is 8.32 Å². The van der Waals surface area contributed by atoms with E-state index in [-0.39, 0.29) is 10.6 Å². The van der Waals surface area contributed by atoms with Gasteiger partial charge in [0.05, 0.1) is 26.4 Å². The maximum atomic E-state index is 11.2. The number of aliphatic carboxylic acids is 1. The fourth-order valence-electron chi connectivity index (χ4n) is 1.93. The standard InChI is InChI=1S/C20H32O5Si/c1-15(19(21)22)12-18(14-25-26(6,7)20(2,3)4)24-13-16-8-10-17(23-5)11-9-16/h8-12,18H,13-14H2,1-7H3,(H,21,22)/b15-12+/t18-/m1/s1. The molecule has 146 valence electrons. The number of carboxylic acid groups (broad SMARTS) is 1. The first-order valence-corrected chi connectivity index (χ1v) is 11.7. The van der Waals surface area contributed by atoms with Gasteiger partial charge in [-0.15, -0.1) is 0 Å². The normalized spacial score (nSPS) is 14.2. The van der Waals surface area contributed by atoms with Crippen LogP contribution in [-0.4, -0.2) is 39.2 Å². The van der Waals surface area contributed by atoms with Gasteiger partial charge in [0, 0.05) is 5.57 Å². The summed E-state index contributed by atoms with van der Waals surface area (Å²) in [6, 6.07) is 7.60. The molecule has 1 aromatic carbocycles. The van der Waals surface area contributed by atoms with E-state index in [4.69, 9.17) is 19.0 Å². The fraction of sp³-hybridized carbons (Fsp3) is 0.550. The van der Waals surface area contributed by atoms with Crippen LogP contribution >= 0.6 is 0 Å². The number of carbonyl (C=O) groups is 1. The lowest BCUT2D eigenvalue weighted by molar-refractivity contribution is -0.132. The second-order valence-electron chi connectivity index (χ2n) is 7.92. The molecular formula is C20H32O5Si. The van der Waals surface area contributed by atoms with E-state index in [0.29, 0.717) is 13.2 Å². The zero-order valence-corrected chi connectivity index (χ0v) is 18.0. The third kappa shape index (κ3) is 6.94. The highest BCUT2D eigenvalue weighted by molar-refractivity contribution is 6.74. The Morgan fingerprint density at radius 3 is 2.27 bits per heavy atom. The molecule has 0 fully saturated rings. The smallest absolute Gasteiger partial charge is 0.331 e. The predicted molar refractivity (Wildman–Crippen MR) is 106 cm³/mol. The van der Waals surface area contributed by atoms with Gasteiger partial charge in [-0.25, -0.2) is 4.79 Å². The van der Waals surface area contributed by atoms with Gasteiger partial charge in [-0.2, -0.15) is 0 Å². The van der Waals surface area contributed by atoms with Crippen LogP contribution in [0.4, 0.5) is 0 Å². The van der Waals surface area contributed by atoms with Crippen molar-refractivity contribution in [1.82, 2.24) is 0 Å². The summed E-state index contributed by atoms with van der Waals surface area (Å²) in [7, 11) is -0.316. The zero-order chi connectivity index (χ0) is 20.0. The molecule has 0 saturated heterocycles. The average Bonchev–Trinajstić information content (AvgIpc) is 2.56. The maximum absolute atomic E-state index is 11.2. The van der Waals surface area contributed by atoms with Crippen molar-refractivity contribution in [2.45, 2.75) is 58.5 Å². The van der Waals surface area contributed by atoms with E-state index in [9.17, 15) is 4.79 Å². The quantitative estimate of drug-likeness (QED) is 0.500. The fourth-order valence-corrected chi connectivity index (χ4v) is 2.94. The summed E-state index contributed by atoms with van der Waals surface area (Å²) in [5.74, 6) is -0.163. The van der Waals surface area contributed by atoms with Crippen molar-refractivity contribution in [3.8, 4) is 5.75 Å². The molecule has 1 atom stereocenters. The minimum absolute atomic E-state index is 0.0824. The van der Waals surface area contributed by atoms with Crippen molar-refractivity contribution in [2.24, 2.45) is 0 Å². The Morgan fingerprint density at radius 1 is 1.23 bits per heavy atom. The molecule has 1 aromatic rings. The molecule has 0 amide bonds. The minimum atomic E-state index is -1.94. The lowest BCUT2D eigenvalue weighted by Crippen LogP contribution is -2.42. The number of carboxylic acids is 1. The van der Waals surface area contributed by atoms with Crippen LogP contribution in [0.3, 0.4) is 0 Å². The summed E-state index contributed by atoms with van der Waals surface area (Å²) in [6.07, 6.45) is 1.21. The first-order chi connectivity index (χ1) is 12.0. The van der Waals surface area contributed by atoms with Crippen LogP contribution in [0.5, 0.6) is 5.75 Å². The molecule has 0 radical (unpaired) electrons. The third-order valence-corrected chi connectivity index (χ3v) is 9.31. The van der Waals surface area contributed by atoms with E-state index >= 15 is 0 Å². The molecule has 0 aliphatic rings. The van der Waals surface area contributed by atoms with Crippen molar-refractivity contribution >= 4 is 14.3 Å². The van der Waals surface area contributed by atoms with Gasteiger partial charge >= 0.3 is 5.97 Å². The van der Waals surface area contributed by atoms with Crippen LogP contribution in [0.15, 0.2) is 35.9 Å². The number of methoxy groups -OCH3 is 1. The number of ether oxygens (including phenoxy) is 2. The Labute approximate surface area is 158 Å². The summed E-state index contributed by atoms with van der Waals surface area (Å²) >= 11 is 0. The van der Waals surface area contributed by atoms with Crippen molar-refractivity contribution in [3.05, 3.63) is 41.5 Å². The van der Waals surface area contributed by atoms with Crippen LogP contribution in [0.25, 0.3) is 0 Å². The highest BCUT2D eigenvalue weighted by atomic mass is 28.4. The Bertz CT molecular complexity index is 614. The molecule has 0 heterocycles. The highest BCUT2D eigenvalue weighted by Crippen LogP contribution is 2.36. The Hall–Kier alpha value is -1.63. The first-order valence-electron chi connectivity index (χ1n) is 8.76. The van der Waals surface area contributed by atoms with Gasteiger partial charge in [-0.3, -0.25) is 0 Å². The second kappa shape index (κ2) is 9.35. The molecule has 0 aliphatic carbocycles. The van der Waals surface area contributed by atoms with E-state index in [1.165, 1.54) is 0 Å². The van der Waals surface area contributed by atoms with Crippen LogP contribution in [0, 0.1) is 0 Å². The number of hydrogen-bond donors (Lipinski definition) is 1. The van der Waals surface area contributed by atoms with Gasteiger partial charge in [-0.05, 0) is 48.8 Å². The molecule has 0 saturated carbocycles. The molecule has 0 aromatic heterocycles. The molecule has 0 spiro atoms. The van der Waals surface area contributed by atoms with Crippen molar-refractivity contribution in [1.29, 1.82) is 0 Å². The van der Waals surface area contributed by atoms with Crippen LogP contribution in [0.2, 0.25) is 18.1 Å². The van der Waals surface area contributed by atoms with Gasteiger partial charge < -0.3 is 19.0 Å². The molecule has 1 N–H and O–H groups in total. The Kier molecular flexibility index (Phi) is 8.05. The molecule has 6 heteroatoms. The predicted octanol–water partition coefficient (Wildman–Crippen LogP) is 4.63. The van der Waals surface area contributed by atoms with Crippen molar-refractivity contribution < 1.29 is 23.8 Å². The second-order valence-corrected chi connectivity index (χ2v) is 12.7. The van der Waals surface area contributed by atoms with Gasteiger partial charge in [0.1, 0.15) is 5.75 Å². The number of benzene rings is 1. The average molecular weight is 381 g/mol. The summed E-state index contributed by atoms with van der Waals surface area (Å²) in [4.78, 5) is 11.2. The minimum Gasteiger partial charge on any atom is -0.497 e. The number of hydrogen-bond acceptors (Lipinski definition) is 4. The lowest BCUT2D eigenvalue weighted by Gasteiger charge is -2.37. The van der Waals surface area contributed by atoms with Crippen molar-refractivity contribution in [2.75, 3.05) is 13.7 Å². The largest absolute Gasteiger partial charge is 0.497 e. The summed E-state index contributed by atoms with van der Waals surface area (Å²) in [5, 5.41) is 9.24. The maximum Gasteiger partial charge on any atom is 0.331 e. The summed E-state index contributed by atoms with van der Waals surface area (Å²) in [6.45, 7) is 13.1. The third-order valence-electron chi connectivity index (χ3n) is 4.81. The lowest BCUT2D eigenvalue weighted by atomic mass is 10.2. The van der Waals surface area contributed by atoms with Gasteiger partial charge in [0.2, 0.25) is 0 Å². The molecule has 0 unspecified atom stereocenters. The molecule has 26 heavy (non-hydrogen) atoms. The monoisotopic (exact) mass is 380 g/mol. The summed E-state index contributed by atoms with van der Waals surface area (Å²) < 4.78 is 17.3. The number of rotatable bonds is 9. The van der Waals surface area contributed by atoms with Crippen LogP contribution < -0.4 is 4.74 Å². The molecule has 0 aliphatic heterocycles. The van der Waals surface area contributed by atoms with E-state index in [1.807, 2.05) is 24.3 Å². The molecule has 0 bridgehead atoms. The molecule has 1 rings (SSSR count). The van der Waals surface area contributed by atoms with Gasteiger partial charge in [0.25, 0.3) is 0 Å². The summed E-state index contributed by atoms with van der Waals surface area (Å²) in [5.41, 5.74) is 1.24. The topological polar surface area (TPSA) is 65.0 Å². The van der Waals surface area contributed by atoms with E-state index in [2.05, 4.69) is 33.9 Å². The van der Waals surface area contributed by atoms with Crippen molar-refractivity contribution in [3.63, 3.8) is 0 Å². The van der Waals surface area contributed by atoms with E-state index in [1.54, 1.807) is 20.1 Å². The molecule has 5 nitrogen and oxygen atoms in total. The Morgan fingerprint density at radius 2 is 1.81 bits per heavy atom. The van der Waals surface area contributed by atoms with Crippen LogP contribution in [-0.2, 0) is 20.6 Å². The molecular weight excluding hydrogens is 348 g/mol.